The van der Waals surface area contributed by atoms with Gasteiger partial charge in [0, 0.05) is 5.56 Å². The van der Waals surface area contributed by atoms with Crippen LogP contribution in [0, 0.1) is 10.1 Å². The Hall–Kier alpha value is -2.51. The number of aliphatic hydroxyl groups is 2. The molecule has 0 spiro atoms. The minimum atomic E-state index is -0.625. The Balaban J connectivity index is 2.26. The number of hydrogen-bond acceptors (Lipinski definition) is 6. The Morgan fingerprint density at radius 1 is 1.14 bits per heavy atom. The van der Waals surface area contributed by atoms with Gasteiger partial charge in [-0.1, -0.05) is 18.2 Å². The van der Waals surface area contributed by atoms with E-state index >= 15 is 0 Å². The zero-order chi connectivity index (χ0) is 15.2. The van der Waals surface area contributed by atoms with Crippen LogP contribution in [0.4, 0.5) is 5.82 Å². The van der Waals surface area contributed by atoms with E-state index < -0.39 is 4.92 Å². The van der Waals surface area contributed by atoms with Crippen molar-refractivity contribution < 1.29 is 19.9 Å². The van der Waals surface area contributed by atoms with Crippen molar-refractivity contribution in [2.24, 2.45) is 0 Å². The first-order valence-electron chi connectivity index (χ1n) is 6.21. The first kappa shape index (κ1) is 14.9. The lowest BCUT2D eigenvalue weighted by molar-refractivity contribution is -0.390. The van der Waals surface area contributed by atoms with E-state index in [4.69, 9.17) is 4.74 Å². The molecule has 2 rings (SSSR count). The van der Waals surface area contributed by atoms with Crippen molar-refractivity contribution >= 4 is 5.82 Å². The van der Waals surface area contributed by atoms with Gasteiger partial charge in [-0.05, 0) is 33.2 Å². The van der Waals surface area contributed by atoms with Gasteiger partial charge in [-0.2, -0.15) is 0 Å². The SMILES string of the molecule is O=[N+]([O-])c1ncccc1OCc1c(CO)cccc1CO. The van der Waals surface area contributed by atoms with E-state index in [9.17, 15) is 20.3 Å². The molecular formula is C14H14N2O5. The van der Waals surface area contributed by atoms with Gasteiger partial charge in [0.1, 0.15) is 12.8 Å². The molecule has 0 saturated heterocycles. The standard InChI is InChI=1S/C14H14N2O5/c17-7-10-3-1-4-11(8-18)12(10)9-21-13-5-2-6-15-14(13)16(19)20/h1-6,17-18H,7-9H2. The van der Waals surface area contributed by atoms with Gasteiger partial charge in [0.2, 0.25) is 5.75 Å². The lowest BCUT2D eigenvalue weighted by Gasteiger charge is -2.13. The number of aromatic nitrogens is 1. The van der Waals surface area contributed by atoms with Crippen LogP contribution >= 0.6 is 0 Å². The van der Waals surface area contributed by atoms with Crippen molar-refractivity contribution in [2.75, 3.05) is 0 Å². The molecule has 2 aromatic rings. The largest absolute Gasteiger partial charge is 0.481 e. The van der Waals surface area contributed by atoms with Crippen molar-refractivity contribution in [3.8, 4) is 5.75 Å². The number of benzene rings is 1. The molecule has 0 aliphatic carbocycles. The summed E-state index contributed by atoms with van der Waals surface area (Å²) in [6.07, 6.45) is 1.31. The van der Waals surface area contributed by atoms with Crippen LogP contribution in [0.25, 0.3) is 0 Å². The van der Waals surface area contributed by atoms with Gasteiger partial charge in [0.25, 0.3) is 0 Å². The smallest absolute Gasteiger partial charge is 0.406 e. The minimum Gasteiger partial charge on any atom is -0.481 e. The average molecular weight is 290 g/mol. The molecule has 0 amide bonds. The molecule has 21 heavy (non-hydrogen) atoms. The fraction of sp³-hybridized carbons (Fsp3) is 0.214. The number of ether oxygens (including phenoxy) is 1. The second-order valence-electron chi connectivity index (χ2n) is 4.24. The van der Waals surface area contributed by atoms with Crippen molar-refractivity contribution in [1.82, 2.24) is 4.98 Å². The van der Waals surface area contributed by atoms with E-state index in [0.717, 1.165) is 0 Å². The van der Waals surface area contributed by atoms with E-state index in [1.807, 2.05) is 0 Å². The highest BCUT2D eigenvalue weighted by Gasteiger charge is 2.17. The number of hydrogen-bond donors (Lipinski definition) is 2. The Morgan fingerprint density at radius 3 is 2.38 bits per heavy atom. The van der Waals surface area contributed by atoms with Crippen LogP contribution in [0.3, 0.4) is 0 Å². The Morgan fingerprint density at radius 2 is 1.81 bits per heavy atom. The summed E-state index contributed by atoms with van der Waals surface area (Å²) in [5.41, 5.74) is 1.82. The Kier molecular flexibility index (Phi) is 4.81. The fourth-order valence-corrected chi connectivity index (χ4v) is 1.95. The van der Waals surface area contributed by atoms with E-state index in [-0.39, 0.29) is 31.4 Å². The van der Waals surface area contributed by atoms with E-state index in [2.05, 4.69) is 4.98 Å². The quantitative estimate of drug-likeness (QED) is 0.617. The van der Waals surface area contributed by atoms with Crippen molar-refractivity contribution in [2.45, 2.75) is 19.8 Å². The lowest BCUT2D eigenvalue weighted by atomic mass is 10.0. The molecule has 0 fully saturated rings. The summed E-state index contributed by atoms with van der Waals surface area (Å²) in [4.78, 5) is 13.9. The normalized spacial score (nSPS) is 10.4. The van der Waals surface area contributed by atoms with Gasteiger partial charge < -0.3 is 25.1 Å². The number of nitro groups is 1. The molecule has 0 bridgehead atoms. The number of nitrogens with zero attached hydrogens (tertiary/aromatic N) is 2. The van der Waals surface area contributed by atoms with Crippen molar-refractivity contribution in [3.05, 3.63) is 63.3 Å². The minimum absolute atomic E-state index is 0.000833. The third-order valence-electron chi connectivity index (χ3n) is 3.01. The molecule has 0 aliphatic heterocycles. The van der Waals surface area contributed by atoms with Gasteiger partial charge in [-0.3, -0.25) is 0 Å². The van der Waals surface area contributed by atoms with Crippen molar-refractivity contribution in [3.63, 3.8) is 0 Å². The first-order chi connectivity index (χ1) is 10.2. The van der Waals surface area contributed by atoms with Crippen LogP contribution in [0.15, 0.2) is 36.5 Å². The summed E-state index contributed by atoms with van der Waals surface area (Å²) in [6, 6.07) is 8.11. The lowest BCUT2D eigenvalue weighted by Crippen LogP contribution is -2.06. The zero-order valence-electron chi connectivity index (χ0n) is 11.1. The maximum absolute atomic E-state index is 10.9. The average Bonchev–Trinajstić information content (AvgIpc) is 2.52. The summed E-state index contributed by atoms with van der Waals surface area (Å²) in [7, 11) is 0. The predicted octanol–water partition coefficient (Wildman–Crippen LogP) is 1.55. The highest BCUT2D eigenvalue weighted by molar-refractivity contribution is 5.40. The number of aliphatic hydroxyl groups excluding tert-OH is 2. The van der Waals surface area contributed by atoms with Gasteiger partial charge in [-0.15, -0.1) is 0 Å². The van der Waals surface area contributed by atoms with Crippen LogP contribution in [0.5, 0.6) is 5.75 Å². The highest BCUT2D eigenvalue weighted by Crippen LogP contribution is 2.25. The van der Waals surface area contributed by atoms with Crippen LogP contribution in [0.1, 0.15) is 16.7 Å². The molecule has 0 radical (unpaired) electrons. The summed E-state index contributed by atoms with van der Waals surface area (Å²) >= 11 is 0. The number of rotatable bonds is 6. The maximum atomic E-state index is 10.9. The molecule has 7 nitrogen and oxygen atoms in total. The second-order valence-corrected chi connectivity index (χ2v) is 4.24. The molecule has 1 heterocycles. The first-order valence-corrected chi connectivity index (χ1v) is 6.21. The molecule has 0 saturated carbocycles. The molecular weight excluding hydrogens is 276 g/mol. The van der Waals surface area contributed by atoms with E-state index in [1.54, 1.807) is 18.2 Å². The van der Waals surface area contributed by atoms with E-state index in [1.165, 1.54) is 18.3 Å². The molecule has 2 N–H and O–H groups in total. The topological polar surface area (TPSA) is 106 Å². The van der Waals surface area contributed by atoms with Gasteiger partial charge in [0.05, 0.1) is 13.2 Å². The highest BCUT2D eigenvalue weighted by atomic mass is 16.6. The van der Waals surface area contributed by atoms with Gasteiger partial charge >= 0.3 is 5.82 Å². The monoisotopic (exact) mass is 290 g/mol. The third kappa shape index (κ3) is 3.33. The molecule has 1 aromatic heterocycles. The molecule has 1 aromatic carbocycles. The molecule has 0 unspecified atom stereocenters. The summed E-state index contributed by atoms with van der Waals surface area (Å²) in [5.74, 6) is -0.330. The molecule has 110 valence electrons. The van der Waals surface area contributed by atoms with E-state index in [0.29, 0.717) is 16.7 Å². The van der Waals surface area contributed by atoms with Crippen molar-refractivity contribution in [1.29, 1.82) is 0 Å². The molecule has 0 atom stereocenters. The number of pyridine rings is 1. The second kappa shape index (κ2) is 6.78. The summed E-state index contributed by atoms with van der Waals surface area (Å²) in [6.45, 7) is -0.414. The zero-order valence-corrected chi connectivity index (χ0v) is 11.1. The Labute approximate surface area is 120 Å². The van der Waals surface area contributed by atoms with Crippen LogP contribution in [-0.4, -0.2) is 20.1 Å². The molecule has 7 heteroatoms. The van der Waals surface area contributed by atoms with Crippen LogP contribution in [-0.2, 0) is 19.8 Å². The van der Waals surface area contributed by atoms with Gasteiger partial charge in [-0.25, -0.2) is 0 Å². The summed E-state index contributed by atoms with van der Waals surface area (Å²) in [5, 5.41) is 29.5. The Bertz CT molecular complexity index is 623. The van der Waals surface area contributed by atoms with Crippen LogP contribution < -0.4 is 4.74 Å². The fourth-order valence-electron chi connectivity index (χ4n) is 1.95. The molecule has 0 aliphatic rings. The predicted molar refractivity (Wildman–Crippen MR) is 73.5 cm³/mol. The summed E-state index contributed by atoms with van der Waals surface area (Å²) < 4.78 is 5.44. The maximum Gasteiger partial charge on any atom is 0.406 e. The third-order valence-corrected chi connectivity index (χ3v) is 3.01. The van der Waals surface area contributed by atoms with Crippen LogP contribution in [0.2, 0.25) is 0 Å². The van der Waals surface area contributed by atoms with Gasteiger partial charge in [0.15, 0.2) is 0 Å².